The van der Waals surface area contributed by atoms with Crippen LogP contribution in [0.5, 0.6) is 11.5 Å². The van der Waals surface area contributed by atoms with Crippen LogP contribution in [0.1, 0.15) is 31.8 Å². The average molecular weight is 545 g/mol. The molecule has 194 valence electrons. The standard InChI is InChI=1S/C30H28N2O4S2/c1-19-9-5-15-25(27(19)31-29(33)21-11-7-13-23(17-21)35-3)37-38-26-16-6-10-20(2)28(26)32-30(34)22-12-8-14-24(18-22)36-4/h5-18H,1-4H3,(H,31,33)(H,32,34). The van der Waals surface area contributed by atoms with Gasteiger partial charge in [0.1, 0.15) is 11.5 Å². The van der Waals surface area contributed by atoms with Crippen LogP contribution < -0.4 is 20.1 Å². The third-order valence-corrected chi connectivity index (χ3v) is 8.28. The number of anilines is 2. The number of amides is 2. The van der Waals surface area contributed by atoms with Gasteiger partial charge in [0.25, 0.3) is 11.8 Å². The van der Waals surface area contributed by atoms with E-state index in [9.17, 15) is 9.59 Å². The van der Waals surface area contributed by atoms with Crippen LogP contribution in [0.2, 0.25) is 0 Å². The zero-order valence-electron chi connectivity index (χ0n) is 21.5. The van der Waals surface area contributed by atoms with Crippen LogP contribution in [0.25, 0.3) is 0 Å². The molecule has 0 saturated carbocycles. The zero-order chi connectivity index (χ0) is 27.1. The van der Waals surface area contributed by atoms with Crippen LogP contribution in [-0.2, 0) is 0 Å². The Kier molecular flexibility index (Phi) is 8.99. The van der Waals surface area contributed by atoms with E-state index >= 15 is 0 Å². The average Bonchev–Trinajstić information content (AvgIpc) is 2.94. The minimum atomic E-state index is -0.216. The smallest absolute Gasteiger partial charge is 0.255 e. The van der Waals surface area contributed by atoms with Crippen LogP contribution in [0.3, 0.4) is 0 Å². The van der Waals surface area contributed by atoms with E-state index in [-0.39, 0.29) is 11.8 Å². The Bertz CT molecular complexity index is 1360. The molecule has 0 radical (unpaired) electrons. The number of benzene rings is 4. The van der Waals surface area contributed by atoms with E-state index in [0.29, 0.717) is 22.6 Å². The van der Waals surface area contributed by atoms with Crippen molar-refractivity contribution in [2.45, 2.75) is 23.6 Å². The fourth-order valence-electron chi connectivity index (χ4n) is 3.73. The van der Waals surface area contributed by atoms with E-state index in [1.54, 1.807) is 62.8 Å². The highest BCUT2D eigenvalue weighted by Crippen LogP contribution is 2.45. The molecular formula is C30H28N2O4S2. The number of hydrogen-bond acceptors (Lipinski definition) is 6. The number of carbonyl (C=O) groups excluding carboxylic acids is 2. The van der Waals surface area contributed by atoms with Crippen molar-refractivity contribution in [1.82, 2.24) is 0 Å². The Balaban J connectivity index is 1.54. The highest BCUT2D eigenvalue weighted by atomic mass is 33.1. The van der Waals surface area contributed by atoms with Crippen molar-refractivity contribution in [3.05, 3.63) is 107 Å². The fourth-order valence-corrected chi connectivity index (χ4v) is 6.14. The topological polar surface area (TPSA) is 76.7 Å². The van der Waals surface area contributed by atoms with Crippen LogP contribution >= 0.6 is 21.6 Å². The molecule has 0 saturated heterocycles. The van der Waals surface area contributed by atoms with Gasteiger partial charge in [0.15, 0.2) is 0 Å². The highest BCUT2D eigenvalue weighted by molar-refractivity contribution is 8.76. The van der Waals surface area contributed by atoms with Crippen molar-refractivity contribution >= 4 is 44.8 Å². The van der Waals surface area contributed by atoms with Gasteiger partial charge in [-0.15, -0.1) is 0 Å². The predicted octanol–water partition coefficient (Wildman–Crippen LogP) is 7.62. The zero-order valence-corrected chi connectivity index (χ0v) is 23.2. The molecule has 0 aliphatic rings. The first-order valence-electron chi connectivity index (χ1n) is 11.8. The highest BCUT2D eigenvalue weighted by Gasteiger charge is 2.16. The molecular weight excluding hydrogens is 516 g/mol. The van der Waals surface area contributed by atoms with Gasteiger partial charge in [-0.05, 0) is 73.5 Å². The molecule has 38 heavy (non-hydrogen) atoms. The molecule has 0 heterocycles. The monoisotopic (exact) mass is 544 g/mol. The Morgan fingerprint density at radius 2 is 1.00 bits per heavy atom. The lowest BCUT2D eigenvalue weighted by Crippen LogP contribution is -2.14. The molecule has 0 atom stereocenters. The molecule has 4 rings (SSSR count). The lowest BCUT2D eigenvalue weighted by molar-refractivity contribution is 0.101. The summed E-state index contributed by atoms with van der Waals surface area (Å²) >= 11 is 0. The van der Waals surface area contributed by atoms with E-state index in [4.69, 9.17) is 9.47 Å². The van der Waals surface area contributed by atoms with E-state index in [2.05, 4.69) is 10.6 Å². The number of rotatable bonds is 9. The SMILES string of the molecule is COc1cccc(C(=O)Nc2c(C)cccc2SSc2cccc(C)c2NC(=O)c2cccc(OC)c2)c1. The number of hydrogen-bond donors (Lipinski definition) is 2. The Morgan fingerprint density at radius 3 is 1.39 bits per heavy atom. The summed E-state index contributed by atoms with van der Waals surface area (Å²) in [6.07, 6.45) is 0. The quantitative estimate of drug-likeness (QED) is 0.211. The van der Waals surface area contributed by atoms with Gasteiger partial charge < -0.3 is 20.1 Å². The first kappa shape index (κ1) is 27.2. The minimum absolute atomic E-state index is 0.216. The summed E-state index contributed by atoms with van der Waals surface area (Å²) in [6.45, 7) is 3.92. The second-order valence-corrected chi connectivity index (χ2v) is 10.6. The maximum absolute atomic E-state index is 13.0. The van der Waals surface area contributed by atoms with E-state index in [0.717, 1.165) is 32.3 Å². The molecule has 0 spiro atoms. The summed E-state index contributed by atoms with van der Waals surface area (Å²) in [5.74, 6) is 0.810. The number of aryl methyl sites for hydroxylation is 2. The predicted molar refractivity (Wildman–Crippen MR) is 156 cm³/mol. The number of carbonyl (C=O) groups is 2. The molecule has 2 N–H and O–H groups in total. The third kappa shape index (κ3) is 6.51. The van der Waals surface area contributed by atoms with E-state index in [1.165, 1.54) is 21.6 Å². The molecule has 0 aromatic heterocycles. The van der Waals surface area contributed by atoms with Crippen molar-refractivity contribution < 1.29 is 19.1 Å². The number of methoxy groups -OCH3 is 2. The lowest BCUT2D eigenvalue weighted by atomic mass is 10.1. The van der Waals surface area contributed by atoms with E-state index < -0.39 is 0 Å². The van der Waals surface area contributed by atoms with Gasteiger partial charge in [-0.25, -0.2) is 0 Å². The number of para-hydroxylation sites is 2. The lowest BCUT2D eigenvalue weighted by Gasteiger charge is -2.16. The summed E-state index contributed by atoms with van der Waals surface area (Å²) in [5, 5.41) is 6.13. The van der Waals surface area contributed by atoms with Gasteiger partial charge in [-0.1, -0.05) is 58.0 Å². The van der Waals surface area contributed by atoms with Crippen LogP contribution in [0, 0.1) is 13.8 Å². The minimum Gasteiger partial charge on any atom is -0.497 e. The summed E-state index contributed by atoms with van der Waals surface area (Å²) in [4.78, 5) is 27.8. The van der Waals surface area contributed by atoms with Crippen molar-refractivity contribution in [2.75, 3.05) is 24.9 Å². The van der Waals surface area contributed by atoms with Gasteiger partial charge in [-0.3, -0.25) is 9.59 Å². The summed E-state index contributed by atoms with van der Waals surface area (Å²) in [5.41, 5.74) is 4.40. The van der Waals surface area contributed by atoms with Crippen LogP contribution in [0.15, 0.2) is 94.7 Å². The van der Waals surface area contributed by atoms with Gasteiger partial charge in [0.05, 0.1) is 25.6 Å². The summed E-state index contributed by atoms with van der Waals surface area (Å²) in [7, 11) is 6.18. The van der Waals surface area contributed by atoms with Gasteiger partial charge >= 0.3 is 0 Å². The second-order valence-electron chi connectivity index (χ2n) is 8.43. The molecule has 0 fully saturated rings. The van der Waals surface area contributed by atoms with Crippen molar-refractivity contribution in [3.63, 3.8) is 0 Å². The molecule has 0 aliphatic carbocycles. The normalized spacial score (nSPS) is 10.5. The van der Waals surface area contributed by atoms with Crippen LogP contribution in [-0.4, -0.2) is 26.0 Å². The van der Waals surface area contributed by atoms with E-state index in [1.807, 2.05) is 50.2 Å². The largest absolute Gasteiger partial charge is 0.497 e. The number of nitrogens with one attached hydrogen (secondary N) is 2. The summed E-state index contributed by atoms with van der Waals surface area (Å²) < 4.78 is 10.5. The van der Waals surface area contributed by atoms with Crippen LogP contribution in [0.4, 0.5) is 11.4 Å². The molecule has 4 aromatic rings. The first-order valence-corrected chi connectivity index (χ1v) is 14.0. The van der Waals surface area contributed by atoms with Crippen molar-refractivity contribution in [2.24, 2.45) is 0 Å². The van der Waals surface area contributed by atoms with Gasteiger partial charge in [0.2, 0.25) is 0 Å². The van der Waals surface area contributed by atoms with Gasteiger partial charge in [0, 0.05) is 20.9 Å². The summed E-state index contributed by atoms with van der Waals surface area (Å²) in [6, 6.07) is 25.9. The van der Waals surface area contributed by atoms with Gasteiger partial charge in [-0.2, -0.15) is 0 Å². The maximum Gasteiger partial charge on any atom is 0.255 e. The maximum atomic E-state index is 13.0. The molecule has 8 heteroatoms. The second kappa shape index (κ2) is 12.6. The Morgan fingerprint density at radius 1 is 0.605 bits per heavy atom. The Labute approximate surface area is 230 Å². The number of ether oxygens (including phenoxy) is 2. The Hall–Kier alpha value is -3.88. The van der Waals surface area contributed by atoms with Crippen molar-refractivity contribution in [1.29, 1.82) is 0 Å². The molecule has 0 bridgehead atoms. The third-order valence-electron chi connectivity index (χ3n) is 5.83. The fraction of sp³-hybridized carbons (Fsp3) is 0.133. The molecule has 0 aliphatic heterocycles. The first-order chi connectivity index (χ1) is 18.4. The molecule has 4 aromatic carbocycles. The molecule has 0 unspecified atom stereocenters. The van der Waals surface area contributed by atoms with Crippen molar-refractivity contribution in [3.8, 4) is 11.5 Å². The molecule has 2 amide bonds. The molecule has 6 nitrogen and oxygen atoms in total.